The predicted octanol–water partition coefficient (Wildman–Crippen LogP) is 1.56. The maximum atomic E-state index is 12.9. The van der Waals surface area contributed by atoms with Crippen molar-refractivity contribution in [3.8, 4) is 0 Å². The van der Waals surface area contributed by atoms with Crippen LogP contribution in [-0.2, 0) is 17.9 Å². The lowest BCUT2D eigenvalue weighted by molar-refractivity contribution is -0.132. The van der Waals surface area contributed by atoms with Crippen LogP contribution in [0.5, 0.6) is 0 Å². The third-order valence-corrected chi connectivity index (χ3v) is 5.47. The van der Waals surface area contributed by atoms with Gasteiger partial charge in [-0.15, -0.1) is 10.2 Å². The van der Waals surface area contributed by atoms with E-state index in [1.54, 1.807) is 23.9 Å². The molecule has 0 radical (unpaired) electrons. The molecule has 1 aromatic rings. The number of likely N-dealkylation sites (N-methyl/N-ethyl adjacent to an activating group) is 1. The third kappa shape index (κ3) is 2.96. The minimum absolute atomic E-state index is 0.00362. The Bertz CT molecular complexity index is 745. The van der Waals surface area contributed by atoms with Crippen LogP contribution in [0.4, 0.5) is 0 Å². The van der Waals surface area contributed by atoms with E-state index in [-0.39, 0.29) is 29.1 Å². The van der Waals surface area contributed by atoms with E-state index < -0.39 is 0 Å². The molecule has 0 aromatic carbocycles. The van der Waals surface area contributed by atoms with Crippen LogP contribution in [0.25, 0.3) is 0 Å². The van der Waals surface area contributed by atoms with Crippen molar-refractivity contribution in [2.45, 2.75) is 40.8 Å². The number of hydrogen-bond acceptors (Lipinski definition) is 4. The molecule has 0 spiro atoms. The molecular weight excluding hydrogens is 318 g/mol. The second-order valence-electron chi connectivity index (χ2n) is 8.08. The molecule has 1 fully saturated rings. The highest BCUT2D eigenvalue weighted by molar-refractivity contribution is 5.91. The van der Waals surface area contributed by atoms with E-state index in [2.05, 4.69) is 44.0 Å². The zero-order valence-electron chi connectivity index (χ0n) is 15.9. The molecule has 2 unspecified atom stereocenters. The summed E-state index contributed by atoms with van der Waals surface area (Å²) >= 11 is 0. The first-order valence-corrected chi connectivity index (χ1v) is 8.72. The Morgan fingerprint density at radius 2 is 2.00 bits per heavy atom. The molecule has 7 nitrogen and oxygen atoms in total. The molecule has 1 aliphatic carbocycles. The lowest BCUT2D eigenvalue weighted by Crippen LogP contribution is -2.38. The topological polar surface area (TPSA) is 71.3 Å². The highest BCUT2D eigenvalue weighted by Crippen LogP contribution is 2.60. The quantitative estimate of drug-likeness (QED) is 0.777. The summed E-state index contributed by atoms with van der Waals surface area (Å²) in [5, 5.41) is 8.17. The summed E-state index contributed by atoms with van der Waals surface area (Å²) in [5.74, 6) is 1.33. The van der Waals surface area contributed by atoms with E-state index in [0.29, 0.717) is 31.3 Å². The van der Waals surface area contributed by atoms with Crippen molar-refractivity contribution in [1.82, 2.24) is 24.6 Å². The molecule has 136 valence electrons. The third-order valence-electron chi connectivity index (χ3n) is 5.47. The van der Waals surface area contributed by atoms with E-state index in [1.807, 2.05) is 4.57 Å². The van der Waals surface area contributed by atoms with E-state index in [9.17, 15) is 9.59 Å². The maximum absolute atomic E-state index is 12.9. The fourth-order valence-electron chi connectivity index (χ4n) is 3.71. The fraction of sp³-hybridized carbons (Fsp3) is 0.667. The van der Waals surface area contributed by atoms with Crippen LogP contribution < -0.4 is 0 Å². The Morgan fingerprint density at radius 3 is 2.64 bits per heavy atom. The van der Waals surface area contributed by atoms with Crippen LogP contribution in [0.2, 0.25) is 0 Å². The summed E-state index contributed by atoms with van der Waals surface area (Å²) in [6, 6.07) is 0. The van der Waals surface area contributed by atoms with Crippen LogP contribution in [0.1, 0.15) is 44.1 Å². The second kappa shape index (κ2) is 5.97. The molecule has 7 heteroatoms. The van der Waals surface area contributed by atoms with Crippen molar-refractivity contribution in [2.75, 3.05) is 20.6 Å². The second-order valence-corrected chi connectivity index (χ2v) is 8.08. The molecule has 2 amide bonds. The van der Waals surface area contributed by atoms with Gasteiger partial charge in [0.05, 0.1) is 12.5 Å². The molecular formula is C18H27N5O2. The molecule has 0 bridgehead atoms. The number of nitrogens with zero attached hydrogens (tertiary/aromatic N) is 5. The molecule has 25 heavy (non-hydrogen) atoms. The first-order chi connectivity index (χ1) is 11.6. The van der Waals surface area contributed by atoms with Gasteiger partial charge in [-0.25, -0.2) is 0 Å². The van der Waals surface area contributed by atoms with Gasteiger partial charge < -0.3 is 14.4 Å². The van der Waals surface area contributed by atoms with Gasteiger partial charge in [-0.1, -0.05) is 25.5 Å². The summed E-state index contributed by atoms with van der Waals surface area (Å²) in [6.45, 7) is 10.1. The average molecular weight is 345 g/mol. The lowest BCUT2D eigenvalue weighted by atomic mass is 10.1. The molecule has 0 N–H and O–H groups in total. The normalized spacial score (nSPS) is 23.9. The van der Waals surface area contributed by atoms with Gasteiger partial charge in [-0.3, -0.25) is 9.59 Å². The zero-order chi connectivity index (χ0) is 18.5. The Balaban J connectivity index is 1.73. The van der Waals surface area contributed by atoms with Crippen LogP contribution in [-0.4, -0.2) is 57.0 Å². The van der Waals surface area contributed by atoms with Gasteiger partial charge >= 0.3 is 0 Å². The Labute approximate surface area is 148 Å². The largest absolute Gasteiger partial charge is 0.338 e. The monoisotopic (exact) mass is 345 g/mol. The molecule has 2 atom stereocenters. The number of carbonyl (C=O) groups excluding carboxylic acids is 2. The standard InChI is InChI=1S/C18H27N5O2/c1-11(2)9-12-14(18(12,3)4)16(24)22(6)10-13-19-20-15-17(25)21(5)7-8-23(13)15/h9,12,14H,7-8,10H2,1-6H3. The highest BCUT2D eigenvalue weighted by atomic mass is 16.2. The van der Waals surface area contributed by atoms with Crippen molar-refractivity contribution in [3.63, 3.8) is 0 Å². The first-order valence-electron chi connectivity index (χ1n) is 8.72. The number of hydrogen-bond donors (Lipinski definition) is 0. The predicted molar refractivity (Wildman–Crippen MR) is 93.6 cm³/mol. The van der Waals surface area contributed by atoms with Gasteiger partial charge in [0.2, 0.25) is 11.7 Å². The molecule has 0 saturated heterocycles. The summed E-state index contributed by atoms with van der Waals surface area (Å²) in [6.07, 6.45) is 2.20. The number of fused-ring (bicyclic) bond motifs is 1. The highest BCUT2D eigenvalue weighted by Gasteiger charge is 2.61. The Morgan fingerprint density at radius 1 is 1.32 bits per heavy atom. The number of allylic oxidation sites excluding steroid dienone is 2. The number of aromatic nitrogens is 3. The first kappa shape index (κ1) is 17.6. The molecule has 2 heterocycles. The summed E-state index contributed by atoms with van der Waals surface area (Å²) in [5.41, 5.74) is 1.23. The summed E-state index contributed by atoms with van der Waals surface area (Å²) < 4.78 is 1.83. The molecule has 2 aliphatic rings. The van der Waals surface area contributed by atoms with Crippen molar-refractivity contribution in [2.24, 2.45) is 17.3 Å². The number of rotatable bonds is 4. The minimum Gasteiger partial charge on any atom is -0.338 e. The fourth-order valence-corrected chi connectivity index (χ4v) is 3.71. The van der Waals surface area contributed by atoms with Crippen molar-refractivity contribution in [3.05, 3.63) is 23.3 Å². The van der Waals surface area contributed by atoms with Gasteiger partial charge in [0.15, 0.2) is 5.82 Å². The minimum atomic E-state index is -0.120. The summed E-state index contributed by atoms with van der Waals surface area (Å²) in [7, 11) is 3.56. The molecule has 1 aliphatic heterocycles. The van der Waals surface area contributed by atoms with Gasteiger partial charge in [0.1, 0.15) is 0 Å². The van der Waals surface area contributed by atoms with Gasteiger partial charge in [-0.2, -0.15) is 0 Å². The number of carbonyl (C=O) groups is 2. The zero-order valence-corrected chi connectivity index (χ0v) is 15.9. The van der Waals surface area contributed by atoms with Crippen LogP contribution in [0.3, 0.4) is 0 Å². The number of amides is 2. The van der Waals surface area contributed by atoms with Gasteiger partial charge in [0, 0.05) is 27.2 Å². The van der Waals surface area contributed by atoms with E-state index >= 15 is 0 Å². The molecule has 3 rings (SSSR count). The van der Waals surface area contributed by atoms with Gasteiger partial charge in [0.25, 0.3) is 5.91 Å². The van der Waals surface area contributed by atoms with E-state index in [1.165, 1.54) is 5.57 Å². The maximum Gasteiger partial charge on any atom is 0.291 e. The van der Waals surface area contributed by atoms with Crippen LogP contribution in [0.15, 0.2) is 11.6 Å². The van der Waals surface area contributed by atoms with Crippen LogP contribution in [0, 0.1) is 17.3 Å². The smallest absolute Gasteiger partial charge is 0.291 e. The molecule has 1 saturated carbocycles. The van der Waals surface area contributed by atoms with Crippen molar-refractivity contribution in [1.29, 1.82) is 0 Å². The van der Waals surface area contributed by atoms with Crippen molar-refractivity contribution < 1.29 is 9.59 Å². The van der Waals surface area contributed by atoms with E-state index in [0.717, 1.165) is 0 Å². The summed E-state index contributed by atoms with van der Waals surface area (Å²) in [4.78, 5) is 28.4. The Hall–Kier alpha value is -2.18. The molecule has 1 aromatic heterocycles. The SMILES string of the molecule is CC(C)=CC1C(C(=O)N(C)Cc2nnc3n2CCN(C)C3=O)C1(C)C. The van der Waals surface area contributed by atoms with Crippen molar-refractivity contribution >= 4 is 11.8 Å². The Kier molecular flexibility index (Phi) is 4.21. The lowest BCUT2D eigenvalue weighted by Gasteiger charge is -2.24. The van der Waals surface area contributed by atoms with Crippen LogP contribution >= 0.6 is 0 Å². The average Bonchev–Trinajstić information content (AvgIpc) is 2.87. The van der Waals surface area contributed by atoms with E-state index in [4.69, 9.17) is 0 Å². The van der Waals surface area contributed by atoms with Gasteiger partial charge in [-0.05, 0) is 25.2 Å².